The molecule has 1 aromatic carbocycles. The third kappa shape index (κ3) is 4.43. The molecule has 4 rings (SSSR count). The molecule has 30 heavy (non-hydrogen) atoms. The number of carboxylic acids is 1. The molecule has 2 fully saturated rings. The monoisotopic (exact) mass is 452 g/mol. The number of ketones is 1. The van der Waals surface area contributed by atoms with E-state index in [0.29, 0.717) is 24.1 Å². The van der Waals surface area contributed by atoms with Gasteiger partial charge in [-0.25, -0.2) is 9.18 Å². The summed E-state index contributed by atoms with van der Waals surface area (Å²) in [7, 11) is 0. The summed E-state index contributed by atoms with van der Waals surface area (Å²) in [5.74, 6) is -1.63. The van der Waals surface area contributed by atoms with Crippen LogP contribution in [0.4, 0.5) is 4.39 Å². The quantitative estimate of drug-likeness (QED) is 0.460. The molecule has 2 unspecified atom stereocenters. The molecule has 160 valence electrons. The molecule has 1 saturated heterocycles. The zero-order chi connectivity index (χ0) is 20.5. The highest BCUT2D eigenvalue weighted by Crippen LogP contribution is 2.40. The number of aliphatic carboxylic acids is 1. The van der Waals surface area contributed by atoms with Gasteiger partial charge in [-0.1, -0.05) is 18.2 Å². The second-order valence-electron chi connectivity index (χ2n) is 7.44. The Balaban J connectivity index is 0.00000256. The molecule has 1 aliphatic heterocycles. The normalized spacial score (nSPS) is 22.1. The van der Waals surface area contributed by atoms with Gasteiger partial charge in [-0.2, -0.15) is 28.0 Å². The number of nitrogens with one attached hydrogen (secondary N) is 1. The molecular weight excluding hydrogens is 431 g/mol. The summed E-state index contributed by atoms with van der Waals surface area (Å²) < 4.78 is 14.6. The van der Waals surface area contributed by atoms with Crippen molar-refractivity contribution in [2.45, 2.75) is 30.6 Å². The number of carbonyl (C=O) groups is 2. The smallest absolute Gasteiger partial charge is 0.338 e. The Kier molecular flexibility index (Phi) is 6.95. The van der Waals surface area contributed by atoms with Gasteiger partial charge in [-0.15, -0.1) is 12.4 Å². The first kappa shape index (κ1) is 22.5. The number of thiol groups is 1. The highest BCUT2D eigenvalue weighted by molar-refractivity contribution is 7.81. The Morgan fingerprint density at radius 3 is 2.60 bits per heavy atom. The number of hydrogen-bond donors (Lipinski definition) is 3. The van der Waals surface area contributed by atoms with Crippen LogP contribution in [0.2, 0.25) is 0 Å². The number of nitrogens with zero attached hydrogens (tertiary/aromatic N) is 3. The average molecular weight is 453 g/mol. The third-order valence-electron chi connectivity index (χ3n) is 5.49. The zero-order valence-electron chi connectivity index (χ0n) is 16.0. The molecule has 0 spiro atoms. The standard InChI is InChI=1S/C20H21FN4O3S.ClH/c21-14-4-2-1-3-12(14)18(19(26)11-5-6-11)25-8-7-16(29)13(10-25)17(20(27)28)15-9-22-24-23-15;/h1-4,9,11,16,18,29H,5-8,10H2,(H,27,28)(H,22,23,24);1H/b17-13-;. The van der Waals surface area contributed by atoms with Crippen LogP contribution in [-0.2, 0) is 9.59 Å². The number of rotatable bonds is 6. The minimum Gasteiger partial charge on any atom is -0.478 e. The summed E-state index contributed by atoms with van der Waals surface area (Å²) in [4.78, 5) is 26.9. The number of hydrogen-bond acceptors (Lipinski definition) is 6. The molecule has 2 aliphatic rings. The van der Waals surface area contributed by atoms with E-state index in [1.165, 1.54) is 12.3 Å². The molecule has 10 heteroatoms. The lowest BCUT2D eigenvalue weighted by atomic mass is 9.91. The second-order valence-corrected chi connectivity index (χ2v) is 8.06. The van der Waals surface area contributed by atoms with Crippen molar-refractivity contribution in [1.82, 2.24) is 20.3 Å². The van der Waals surface area contributed by atoms with Crippen LogP contribution in [0.1, 0.15) is 36.6 Å². The van der Waals surface area contributed by atoms with E-state index in [1.54, 1.807) is 18.2 Å². The lowest BCUT2D eigenvalue weighted by Crippen LogP contribution is -2.43. The summed E-state index contributed by atoms with van der Waals surface area (Å²) in [6.45, 7) is 0.709. The largest absolute Gasteiger partial charge is 0.478 e. The van der Waals surface area contributed by atoms with Gasteiger partial charge in [-0.05, 0) is 30.9 Å². The zero-order valence-corrected chi connectivity index (χ0v) is 17.7. The maximum Gasteiger partial charge on any atom is 0.338 e. The van der Waals surface area contributed by atoms with Crippen molar-refractivity contribution < 1.29 is 19.1 Å². The Labute approximate surface area is 184 Å². The topological polar surface area (TPSA) is 99.2 Å². The molecule has 7 nitrogen and oxygen atoms in total. The second kappa shape index (κ2) is 9.28. The number of H-pyrrole nitrogens is 1. The summed E-state index contributed by atoms with van der Waals surface area (Å²) >= 11 is 4.58. The third-order valence-corrected chi connectivity index (χ3v) is 6.06. The van der Waals surface area contributed by atoms with Gasteiger partial charge in [0.1, 0.15) is 11.5 Å². The molecule has 2 atom stereocenters. The van der Waals surface area contributed by atoms with Crippen molar-refractivity contribution in [2.24, 2.45) is 5.92 Å². The van der Waals surface area contributed by atoms with E-state index in [4.69, 9.17) is 0 Å². The highest BCUT2D eigenvalue weighted by atomic mass is 35.5. The van der Waals surface area contributed by atoms with Crippen LogP contribution in [0.25, 0.3) is 5.57 Å². The van der Waals surface area contributed by atoms with Gasteiger partial charge in [0.2, 0.25) is 0 Å². The number of halogens is 2. The molecular formula is C20H22ClFN4O3S. The number of carbonyl (C=O) groups excluding carboxylic acids is 1. The Hall–Kier alpha value is -2.23. The van der Waals surface area contributed by atoms with E-state index < -0.39 is 17.8 Å². The van der Waals surface area contributed by atoms with Gasteiger partial charge in [0.15, 0.2) is 5.78 Å². The van der Waals surface area contributed by atoms with Gasteiger partial charge in [0, 0.05) is 29.8 Å². The molecule has 0 bridgehead atoms. The van der Waals surface area contributed by atoms with Crippen molar-refractivity contribution in [3.63, 3.8) is 0 Å². The first-order valence-electron chi connectivity index (χ1n) is 9.50. The molecule has 0 radical (unpaired) electrons. The minimum absolute atomic E-state index is 0. The van der Waals surface area contributed by atoms with E-state index in [-0.39, 0.29) is 47.2 Å². The Bertz CT molecular complexity index is 965. The van der Waals surface area contributed by atoms with Gasteiger partial charge in [0.25, 0.3) is 0 Å². The van der Waals surface area contributed by atoms with Gasteiger partial charge in [0.05, 0.1) is 17.8 Å². The lowest BCUT2D eigenvalue weighted by molar-refractivity contribution is -0.130. The van der Waals surface area contributed by atoms with Crippen molar-refractivity contribution in [3.05, 3.63) is 53.1 Å². The molecule has 1 saturated carbocycles. The van der Waals surface area contributed by atoms with Crippen LogP contribution in [0.3, 0.4) is 0 Å². The number of aromatic amines is 1. The van der Waals surface area contributed by atoms with E-state index in [2.05, 4.69) is 28.0 Å². The van der Waals surface area contributed by atoms with Crippen molar-refractivity contribution in [2.75, 3.05) is 13.1 Å². The van der Waals surface area contributed by atoms with Gasteiger partial charge in [-0.3, -0.25) is 9.69 Å². The minimum atomic E-state index is -1.13. The Morgan fingerprint density at radius 2 is 2.00 bits per heavy atom. The predicted molar refractivity (Wildman–Crippen MR) is 114 cm³/mol. The van der Waals surface area contributed by atoms with Crippen molar-refractivity contribution >= 4 is 42.4 Å². The molecule has 2 aromatic rings. The Morgan fingerprint density at radius 1 is 1.27 bits per heavy atom. The predicted octanol–water partition coefficient (Wildman–Crippen LogP) is 2.93. The van der Waals surface area contributed by atoms with E-state index >= 15 is 0 Å². The maximum absolute atomic E-state index is 14.6. The number of carboxylic acid groups (broad SMARTS) is 1. The van der Waals surface area contributed by atoms with Crippen molar-refractivity contribution in [3.8, 4) is 0 Å². The molecule has 2 N–H and O–H groups in total. The first-order valence-corrected chi connectivity index (χ1v) is 10.0. The van der Waals surface area contributed by atoms with Crippen LogP contribution in [0.15, 0.2) is 36.0 Å². The summed E-state index contributed by atoms with van der Waals surface area (Å²) in [5, 5.41) is 19.5. The number of likely N-dealkylation sites (tertiary alicyclic amines) is 1. The maximum atomic E-state index is 14.6. The number of aromatic nitrogens is 3. The summed E-state index contributed by atoms with van der Waals surface area (Å²) in [6.07, 6.45) is 3.51. The van der Waals surface area contributed by atoms with Gasteiger partial charge < -0.3 is 5.11 Å². The van der Waals surface area contributed by atoms with Crippen LogP contribution in [-0.4, -0.2) is 55.5 Å². The van der Waals surface area contributed by atoms with Crippen LogP contribution in [0, 0.1) is 11.7 Å². The number of piperidine rings is 1. The number of Topliss-reactive ketones (excluding diaryl/α,β-unsaturated/α-hetero) is 1. The molecule has 0 amide bonds. The van der Waals surface area contributed by atoms with E-state index in [1.807, 2.05) is 4.90 Å². The lowest BCUT2D eigenvalue weighted by Gasteiger charge is -2.38. The highest BCUT2D eigenvalue weighted by Gasteiger charge is 2.41. The summed E-state index contributed by atoms with van der Waals surface area (Å²) in [6, 6.07) is 5.54. The van der Waals surface area contributed by atoms with Crippen LogP contribution in [0.5, 0.6) is 0 Å². The summed E-state index contributed by atoms with van der Waals surface area (Å²) in [5.41, 5.74) is 1.12. The van der Waals surface area contributed by atoms with Crippen LogP contribution < -0.4 is 0 Å². The van der Waals surface area contributed by atoms with E-state index in [0.717, 1.165) is 12.8 Å². The fourth-order valence-electron chi connectivity index (χ4n) is 3.88. The first-order chi connectivity index (χ1) is 14.0. The molecule has 1 aliphatic carbocycles. The fraction of sp³-hybridized carbons (Fsp3) is 0.400. The number of benzene rings is 1. The van der Waals surface area contributed by atoms with Crippen LogP contribution >= 0.6 is 25.0 Å². The SMILES string of the molecule is Cl.O=C(O)/C(=C1/CN(C(C(=O)C2CC2)c2ccccc2F)CCC1S)c1cn[nH]n1. The molecule has 1 aromatic heterocycles. The van der Waals surface area contributed by atoms with E-state index in [9.17, 15) is 19.1 Å². The molecule has 2 heterocycles. The van der Waals surface area contributed by atoms with Crippen molar-refractivity contribution in [1.29, 1.82) is 0 Å². The fourth-order valence-corrected chi connectivity index (χ4v) is 4.21. The van der Waals surface area contributed by atoms with Gasteiger partial charge >= 0.3 is 5.97 Å². The average Bonchev–Trinajstić information content (AvgIpc) is 3.42.